The van der Waals surface area contributed by atoms with E-state index in [1.54, 1.807) is 13.2 Å². The lowest BCUT2D eigenvalue weighted by Crippen LogP contribution is -2.24. The van der Waals surface area contributed by atoms with Gasteiger partial charge in [-0.25, -0.2) is 0 Å². The van der Waals surface area contributed by atoms with Crippen molar-refractivity contribution in [2.75, 3.05) is 7.11 Å². The van der Waals surface area contributed by atoms with Gasteiger partial charge in [-0.3, -0.25) is 0 Å². The molecule has 0 bridgehead atoms. The predicted octanol–water partition coefficient (Wildman–Crippen LogP) is 2.65. The van der Waals surface area contributed by atoms with Gasteiger partial charge >= 0.3 is 0 Å². The Morgan fingerprint density at radius 2 is 2.06 bits per heavy atom. The minimum absolute atomic E-state index is 0.152. The summed E-state index contributed by atoms with van der Waals surface area (Å²) in [6, 6.07) is 8.24. The van der Waals surface area contributed by atoms with E-state index in [0.717, 1.165) is 11.3 Å². The second kappa shape index (κ2) is 5.85. The van der Waals surface area contributed by atoms with E-state index in [1.807, 2.05) is 12.2 Å². The van der Waals surface area contributed by atoms with Crippen LogP contribution in [0.5, 0.6) is 0 Å². The first kappa shape index (κ1) is 12.9. The molecule has 2 rings (SSSR count). The molecule has 0 radical (unpaired) electrons. The Morgan fingerprint density at radius 1 is 1.33 bits per heavy atom. The third kappa shape index (κ3) is 3.45. The topological polar surface area (TPSA) is 38.7 Å². The van der Waals surface area contributed by atoms with Gasteiger partial charge in [-0.05, 0) is 12.5 Å². The molecule has 0 saturated heterocycles. The van der Waals surface area contributed by atoms with E-state index in [0.29, 0.717) is 6.42 Å². The zero-order valence-electron chi connectivity index (χ0n) is 10.7. The molecule has 0 aromatic heterocycles. The third-order valence-electron chi connectivity index (χ3n) is 2.89. The van der Waals surface area contributed by atoms with Gasteiger partial charge in [0.15, 0.2) is 6.29 Å². The number of rotatable bonds is 3. The zero-order valence-corrected chi connectivity index (χ0v) is 10.7. The maximum Gasteiger partial charge on any atom is 0.178 e. The molecule has 2 unspecified atom stereocenters. The number of aryl methyl sites for hydroxylation is 1. The Balaban J connectivity index is 2.01. The van der Waals surface area contributed by atoms with Crippen LogP contribution in [0.15, 0.2) is 42.2 Å². The molecule has 96 valence electrons. The number of ether oxygens (including phenoxy) is 2. The summed E-state index contributed by atoms with van der Waals surface area (Å²) in [7, 11) is 1.60. The van der Waals surface area contributed by atoms with Crippen LogP contribution in [0.4, 0.5) is 0 Å². The van der Waals surface area contributed by atoms with E-state index in [-0.39, 0.29) is 6.10 Å². The number of aliphatic hydroxyl groups excluding tert-OH is 1. The first-order valence-corrected chi connectivity index (χ1v) is 6.00. The Labute approximate surface area is 107 Å². The quantitative estimate of drug-likeness (QED) is 0.891. The molecule has 0 aliphatic carbocycles. The predicted molar refractivity (Wildman–Crippen MR) is 70.8 cm³/mol. The first-order valence-electron chi connectivity index (χ1n) is 6.00. The van der Waals surface area contributed by atoms with Crippen LogP contribution in [-0.2, 0) is 9.47 Å². The van der Waals surface area contributed by atoms with E-state index >= 15 is 0 Å². The molecule has 0 spiro atoms. The van der Waals surface area contributed by atoms with Gasteiger partial charge in [-0.1, -0.05) is 42.0 Å². The molecule has 2 atom stereocenters. The van der Waals surface area contributed by atoms with Gasteiger partial charge in [0.2, 0.25) is 0 Å². The summed E-state index contributed by atoms with van der Waals surface area (Å²) in [5.41, 5.74) is 2.35. The average molecular weight is 246 g/mol. The minimum Gasteiger partial charge on any atom is -0.501 e. The maximum atomic E-state index is 9.50. The molecule has 0 fully saturated rings. The lowest BCUT2D eigenvalue weighted by Gasteiger charge is -2.23. The Bertz CT molecular complexity index is 445. The van der Waals surface area contributed by atoms with Crippen molar-refractivity contribution in [3.63, 3.8) is 0 Å². The van der Waals surface area contributed by atoms with Crippen LogP contribution < -0.4 is 0 Å². The van der Waals surface area contributed by atoms with Crippen LogP contribution in [0.1, 0.15) is 17.5 Å². The van der Waals surface area contributed by atoms with Crippen LogP contribution in [0, 0.1) is 6.92 Å². The lowest BCUT2D eigenvalue weighted by molar-refractivity contribution is -0.103. The van der Waals surface area contributed by atoms with E-state index in [2.05, 4.69) is 31.2 Å². The van der Waals surface area contributed by atoms with E-state index in [9.17, 15) is 5.11 Å². The van der Waals surface area contributed by atoms with Crippen molar-refractivity contribution in [2.24, 2.45) is 0 Å². The average Bonchev–Trinajstić information content (AvgIpc) is 2.37. The monoisotopic (exact) mass is 246 g/mol. The van der Waals surface area contributed by atoms with Crippen molar-refractivity contribution in [1.29, 1.82) is 0 Å². The maximum absolute atomic E-state index is 9.50. The molecule has 0 saturated carbocycles. The lowest BCUT2D eigenvalue weighted by atomic mass is 10.1. The van der Waals surface area contributed by atoms with Gasteiger partial charge in [-0.2, -0.15) is 0 Å². The second-order valence-electron chi connectivity index (χ2n) is 4.38. The summed E-state index contributed by atoms with van der Waals surface area (Å²) in [5, 5.41) is 9.50. The molecule has 1 aliphatic rings. The van der Waals surface area contributed by atoms with Crippen LogP contribution in [-0.4, -0.2) is 24.6 Å². The van der Waals surface area contributed by atoms with Crippen molar-refractivity contribution in [1.82, 2.24) is 0 Å². The molecule has 1 aromatic rings. The van der Waals surface area contributed by atoms with Crippen LogP contribution in [0.2, 0.25) is 0 Å². The third-order valence-corrected chi connectivity index (χ3v) is 2.89. The van der Waals surface area contributed by atoms with Crippen molar-refractivity contribution < 1.29 is 14.6 Å². The van der Waals surface area contributed by atoms with E-state index in [1.165, 1.54) is 5.56 Å². The fourth-order valence-corrected chi connectivity index (χ4v) is 1.85. The summed E-state index contributed by atoms with van der Waals surface area (Å²) >= 11 is 0. The van der Waals surface area contributed by atoms with Crippen molar-refractivity contribution in [2.45, 2.75) is 25.7 Å². The standard InChI is InChI=1S/C15H18O3/c1-11-3-5-12(6-4-11)7-8-13-9-14(17-2)10-15(16)18-13/h3-8,10,13,15-16H,9H2,1-2H3/b8-7+. The summed E-state index contributed by atoms with van der Waals surface area (Å²) in [4.78, 5) is 0. The van der Waals surface area contributed by atoms with E-state index < -0.39 is 6.29 Å². The molecule has 3 heteroatoms. The molecular formula is C15H18O3. The van der Waals surface area contributed by atoms with Gasteiger partial charge in [0, 0.05) is 12.5 Å². The Morgan fingerprint density at radius 3 is 2.72 bits per heavy atom. The smallest absolute Gasteiger partial charge is 0.178 e. The van der Waals surface area contributed by atoms with Gasteiger partial charge in [-0.15, -0.1) is 0 Å². The summed E-state index contributed by atoms with van der Waals surface area (Å²) in [5.74, 6) is 0.757. The molecule has 18 heavy (non-hydrogen) atoms. The molecule has 1 aromatic carbocycles. The van der Waals surface area contributed by atoms with Crippen LogP contribution in [0.25, 0.3) is 6.08 Å². The van der Waals surface area contributed by atoms with Crippen LogP contribution >= 0.6 is 0 Å². The number of aliphatic hydroxyl groups is 1. The first-order chi connectivity index (χ1) is 8.67. The molecule has 1 heterocycles. The SMILES string of the molecule is COC1=CC(O)OC(/C=C/c2ccc(C)cc2)C1. The van der Waals surface area contributed by atoms with E-state index in [4.69, 9.17) is 9.47 Å². The minimum atomic E-state index is -0.888. The number of methoxy groups -OCH3 is 1. The number of hydrogen-bond acceptors (Lipinski definition) is 3. The van der Waals surface area contributed by atoms with Crippen molar-refractivity contribution >= 4 is 6.08 Å². The van der Waals surface area contributed by atoms with Gasteiger partial charge in [0.25, 0.3) is 0 Å². The second-order valence-corrected chi connectivity index (χ2v) is 4.38. The molecule has 0 amide bonds. The van der Waals surface area contributed by atoms with Gasteiger partial charge < -0.3 is 14.6 Å². The fourth-order valence-electron chi connectivity index (χ4n) is 1.85. The fraction of sp³-hybridized carbons (Fsp3) is 0.333. The van der Waals surface area contributed by atoms with Gasteiger partial charge in [0.1, 0.15) is 0 Å². The van der Waals surface area contributed by atoms with Gasteiger partial charge in [0.05, 0.1) is 19.0 Å². The van der Waals surface area contributed by atoms with Crippen LogP contribution in [0.3, 0.4) is 0 Å². The van der Waals surface area contributed by atoms with Crippen molar-refractivity contribution in [3.8, 4) is 0 Å². The summed E-state index contributed by atoms with van der Waals surface area (Å²) in [6.45, 7) is 2.06. The highest BCUT2D eigenvalue weighted by atomic mass is 16.6. The highest BCUT2D eigenvalue weighted by Gasteiger charge is 2.19. The highest BCUT2D eigenvalue weighted by Crippen LogP contribution is 2.20. The zero-order chi connectivity index (χ0) is 13.0. The summed E-state index contributed by atoms with van der Waals surface area (Å²) < 4.78 is 10.5. The highest BCUT2D eigenvalue weighted by molar-refractivity contribution is 5.50. The molecule has 1 N–H and O–H groups in total. The number of hydrogen-bond donors (Lipinski definition) is 1. The molecule has 3 nitrogen and oxygen atoms in total. The molecular weight excluding hydrogens is 228 g/mol. The number of benzene rings is 1. The normalized spacial score (nSPS) is 24.1. The summed E-state index contributed by atoms with van der Waals surface area (Å²) in [6.07, 6.45) is 5.13. The molecule has 1 aliphatic heterocycles. The Hall–Kier alpha value is -1.58. The Kier molecular flexibility index (Phi) is 4.18. The largest absolute Gasteiger partial charge is 0.501 e. The van der Waals surface area contributed by atoms with Crippen molar-refractivity contribution in [3.05, 3.63) is 53.3 Å².